The maximum atomic E-state index is 6.05. The van der Waals surface area contributed by atoms with Crippen molar-refractivity contribution in [3.05, 3.63) is 26.8 Å². The van der Waals surface area contributed by atoms with Crippen molar-refractivity contribution in [1.29, 1.82) is 0 Å². The van der Waals surface area contributed by atoms with E-state index in [0.717, 1.165) is 27.5 Å². The summed E-state index contributed by atoms with van der Waals surface area (Å²) in [6, 6.07) is 6.42. The van der Waals surface area contributed by atoms with Gasteiger partial charge in [0.25, 0.3) is 0 Å². The van der Waals surface area contributed by atoms with Gasteiger partial charge in [-0.2, -0.15) is 0 Å². The maximum Gasteiger partial charge on any atom is 0.0729 e. The number of ether oxygens (including phenoxy) is 1. The molecule has 1 aromatic rings. The normalized spacial score (nSPS) is 16.8. The Morgan fingerprint density at radius 2 is 2.23 bits per heavy atom. The molecule has 4 heteroatoms. The molecular formula is C9H9ClINO. The molecule has 0 aromatic heterocycles. The zero-order valence-electron chi connectivity index (χ0n) is 6.89. The summed E-state index contributed by atoms with van der Waals surface area (Å²) in [6.07, 6.45) is 0. The first kappa shape index (κ1) is 9.55. The van der Waals surface area contributed by atoms with E-state index in [1.165, 1.54) is 0 Å². The molecule has 0 amide bonds. The highest BCUT2D eigenvalue weighted by Crippen LogP contribution is 2.25. The fourth-order valence-corrected chi connectivity index (χ4v) is 2.06. The Balaban J connectivity index is 2.10. The van der Waals surface area contributed by atoms with E-state index in [4.69, 9.17) is 16.3 Å². The van der Waals surface area contributed by atoms with Gasteiger partial charge in [0.15, 0.2) is 0 Å². The lowest BCUT2D eigenvalue weighted by atomic mass is 10.2. The molecule has 0 saturated carbocycles. The number of benzene rings is 1. The summed E-state index contributed by atoms with van der Waals surface area (Å²) in [6.45, 7) is 1.56. The van der Waals surface area contributed by atoms with Crippen LogP contribution in [-0.2, 0) is 4.74 Å². The van der Waals surface area contributed by atoms with Crippen LogP contribution in [-0.4, -0.2) is 19.3 Å². The predicted molar refractivity (Wildman–Crippen MR) is 62.4 cm³/mol. The highest BCUT2D eigenvalue weighted by molar-refractivity contribution is 14.1. The van der Waals surface area contributed by atoms with E-state index in [1.807, 2.05) is 18.2 Å². The van der Waals surface area contributed by atoms with E-state index in [2.05, 4.69) is 27.9 Å². The molecule has 0 radical (unpaired) electrons. The van der Waals surface area contributed by atoms with Crippen LogP contribution in [0.4, 0.5) is 5.69 Å². The predicted octanol–water partition coefficient (Wildman–Crippen LogP) is 2.76. The van der Waals surface area contributed by atoms with Crippen LogP contribution in [0.15, 0.2) is 18.2 Å². The smallest absolute Gasteiger partial charge is 0.0729 e. The summed E-state index contributed by atoms with van der Waals surface area (Å²) in [5, 5.41) is 4.09. The second-order valence-corrected chi connectivity index (χ2v) is 4.66. The number of hydrogen-bond acceptors (Lipinski definition) is 2. The van der Waals surface area contributed by atoms with Crippen LogP contribution >= 0.6 is 34.2 Å². The minimum atomic E-state index is 0.428. The number of rotatable bonds is 2. The monoisotopic (exact) mass is 309 g/mol. The molecule has 0 bridgehead atoms. The molecule has 0 spiro atoms. The van der Waals surface area contributed by atoms with E-state index in [1.54, 1.807) is 0 Å². The zero-order valence-corrected chi connectivity index (χ0v) is 9.80. The first-order chi connectivity index (χ1) is 6.25. The number of hydrogen-bond donors (Lipinski definition) is 1. The van der Waals surface area contributed by atoms with Crippen LogP contribution in [0.1, 0.15) is 0 Å². The van der Waals surface area contributed by atoms with Crippen LogP contribution in [0.25, 0.3) is 0 Å². The van der Waals surface area contributed by atoms with E-state index in [9.17, 15) is 0 Å². The van der Waals surface area contributed by atoms with Crippen molar-refractivity contribution < 1.29 is 4.74 Å². The second-order valence-electron chi connectivity index (χ2n) is 3.00. The SMILES string of the molecule is Clc1cc(I)ccc1NC1COC1. The summed E-state index contributed by atoms with van der Waals surface area (Å²) in [5.74, 6) is 0. The first-order valence-electron chi connectivity index (χ1n) is 4.05. The average Bonchev–Trinajstić information content (AvgIpc) is 1.99. The molecule has 1 N–H and O–H groups in total. The van der Waals surface area contributed by atoms with Crippen molar-refractivity contribution in [3.8, 4) is 0 Å². The Bertz CT molecular complexity index is 314. The Morgan fingerprint density at radius 3 is 2.77 bits per heavy atom. The molecule has 1 aliphatic rings. The van der Waals surface area contributed by atoms with Gasteiger partial charge in [0.1, 0.15) is 0 Å². The molecule has 2 rings (SSSR count). The van der Waals surface area contributed by atoms with E-state index >= 15 is 0 Å². The summed E-state index contributed by atoms with van der Waals surface area (Å²) < 4.78 is 6.21. The van der Waals surface area contributed by atoms with Gasteiger partial charge in [0, 0.05) is 3.57 Å². The quantitative estimate of drug-likeness (QED) is 0.848. The highest BCUT2D eigenvalue weighted by Gasteiger charge is 2.18. The topological polar surface area (TPSA) is 21.3 Å². The summed E-state index contributed by atoms with van der Waals surface area (Å²) >= 11 is 8.29. The van der Waals surface area contributed by atoms with Gasteiger partial charge in [0.2, 0.25) is 0 Å². The Labute approximate surface area is 95.7 Å². The summed E-state index contributed by atoms with van der Waals surface area (Å²) in [4.78, 5) is 0. The van der Waals surface area contributed by atoms with Gasteiger partial charge in [-0.05, 0) is 40.8 Å². The third-order valence-electron chi connectivity index (χ3n) is 1.93. The first-order valence-corrected chi connectivity index (χ1v) is 5.51. The summed E-state index contributed by atoms with van der Waals surface area (Å²) in [5.41, 5.74) is 0.996. The molecule has 1 fully saturated rings. The van der Waals surface area contributed by atoms with Crippen molar-refractivity contribution in [2.75, 3.05) is 18.5 Å². The lowest BCUT2D eigenvalue weighted by Crippen LogP contribution is -2.40. The van der Waals surface area contributed by atoms with E-state index in [-0.39, 0.29) is 0 Å². The van der Waals surface area contributed by atoms with E-state index < -0.39 is 0 Å². The van der Waals surface area contributed by atoms with Crippen LogP contribution in [0.2, 0.25) is 5.02 Å². The molecule has 0 atom stereocenters. The Hall–Kier alpha value is -0.000000000000000132. The van der Waals surface area contributed by atoms with Crippen molar-refractivity contribution in [2.45, 2.75) is 6.04 Å². The molecule has 0 aliphatic carbocycles. The fraction of sp³-hybridized carbons (Fsp3) is 0.333. The van der Waals surface area contributed by atoms with Crippen LogP contribution < -0.4 is 5.32 Å². The largest absolute Gasteiger partial charge is 0.377 e. The van der Waals surface area contributed by atoms with Gasteiger partial charge in [0.05, 0.1) is 30.0 Å². The number of halogens is 2. The minimum Gasteiger partial charge on any atom is -0.377 e. The van der Waals surface area contributed by atoms with Crippen molar-refractivity contribution in [3.63, 3.8) is 0 Å². The Kier molecular flexibility index (Phi) is 2.96. The van der Waals surface area contributed by atoms with Crippen molar-refractivity contribution in [2.24, 2.45) is 0 Å². The Morgan fingerprint density at radius 1 is 1.46 bits per heavy atom. The lowest BCUT2D eigenvalue weighted by molar-refractivity contribution is 0.0211. The molecule has 1 heterocycles. The van der Waals surface area contributed by atoms with Crippen LogP contribution in [0, 0.1) is 3.57 Å². The van der Waals surface area contributed by atoms with Gasteiger partial charge >= 0.3 is 0 Å². The standard InChI is InChI=1S/C9H9ClINO/c10-8-3-6(11)1-2-9(8)12-7-4-13-5-7/h1-3,7,12H,4-5H2. The van der Waals surface area contributed by atoms with Gasteiger partial charge in [-0.3, -0.25) is 0 Å². The maximum absolute atomic E-state index is 6.05. The molecule has 1 saturated heterocycles. The van der Waals surface area contributed by atoms with Gasteiger partial charge in [-0.25, -0.2) is 0 Å². The third-order valence-corrected chi connectivity index (χ3v) is 2.91. The third kappa shape index (κ3) is 2.27. The average molecular weight is 310 g/mol. The van der Waals surface area contributed by atoms with Crippen molar-refractivity contribution >= 4 is 39.9 Å². The number of anilines is 1. The summed E-state index contributed by atoms with van der Waals surface area (Å²) in [7, 11) is 0. The molecule has 0 unspecified atom stereocenters. The lowest BCUT2D eigenvalue weighted by Gasteiger charge is -2.28. The molecular weight excluding hydrogens is 300 g/mol. The molecule has 1 aromatic carbocycles. The molecule has 1 aliphatic heterocycles. The van der Waals surface area contributed by atoms with Crippen LogP contribution in [0.5, 0.6) is 0 Å². The molecule has 2 nitrogen and oxygen atoms in total. The van der Waals surface area contributed by atoms with Gasteiger partial charge in [-0.1, -0.05) is 11.6 Å². The molecule has 70 valence electrons. The zero-order chi connectivity index (χ0) is 9.26. The molecule has 13 heavy (non-hydrogen) atoms. The second kappa shape index (κ2) is 4.02. The highest BCUT2D eigenvalue weighted by atomic mass is 127. The number of nitrogens with one attached hydrogen (secondary N) is 1. The fourth-order valence-electron chi connectivity index (χ4n) is 1.15. The van der Waals surface area contributed by atoms with Gasteiger partial charge < -0.3 is 10.1 Å². The van der Waals surface area contributed by atoms with Crippen molar-refractivity contribution in [1.82, 2.24) is 0 Å². The van der Waals surface area contributed by atoms with Gasteiger partial charge in [-0.15, -0.1) is 0 Å². The van der Waals surface area contributed by atoms with E-state index in [0.29, 0.717) is 6.04 Å². The van der Waals surface area contributed by atoms with Crippen LogP contribution in [0.3, 0.4) is 0 Å². The minimum absolute atomic E-state index is 0.428.